The molecule has 100 valence electrons. The van der Waals surface area contributed by atoms with Crippen molar-refractivity contribution >= 4 is 34.4 Å². The lowest BCUT2D eigenvalue weighted by atomic mass is 10.3. The van der Waals surface area contributed by atoms with E-state index in [0.29, 0.717) is 6.54 Å². The number of aromatic nitrogens is 2. The summed E-state index contributed by atoms with van der Waals surface area (Å²) < 4.78 is 0. The van der Waals surface area contributed by atoms with Crippen molar-refractivity contribution in [2.75, 3.05) is 5.32 Å². The number of anilines is 1. The van der Waals surface area contributed by atoms with Crippen LogP contribution in [-0.2, 0) is 6.54 Å². The van der Waals surface area contributed by atoms with Crippen LogP contribution in [0.5, 0.6) is 0 Å². The number of halogens is 1. The van der Waals surface area contributed by atoms with Gasteiger partial charge in [-0.15, -0.1) is 11.3 Å². The summed E-state index contributed by atoms with van der Waals surface area (Å²) in [5.41, 5.74) is 0.104. The molecular formula is C11H11ClN4O2S. The maximum atomic E-state index is 11.0. The maximum Gasteiger partial charge on any atom is 0.332 e. The number of hydrogen-bond acceptors (Lipinski definition) is 6. The minimum Gasteiger partial charge on any atom is -0.359 e. The Labute approximate surface area is 118 Å². The zero-order valence-corrected chi connectivity index (χ0v) is 11.9. The van der Waals surface area contributed by atoms with E-state index >= 15 is 0 Å². The van der Waals surface area contributed by atoms with Crippen LogP contribution in [0.3, 0.4) is 0 Å². The Morgan fingerprint density at radius 1 is 1.42 bits per heavy atom. The number of thiophene rings is 1. The van der Waals surface area contributed by atoms with Crippen LogP contribution in [0.4, 0.5) is 11.5 Å². The summed E-state index contributed by atoms with van der Waals surface area (Å²) >= 11 is 7.35. The molecular weight excluding hydrogens is 288 g/mol. The van der Waals surface area contributed by atoms with Crippen molar-refractivity contribution < 1.29 is 4.92 Å². The predicted octanol–water partition coefficient (Wildman–Crippen LogP) is 3.33. The SMILES string of the molecule is Cc1ccc(CNc2nc(Cl)nc(C)c2[N+](=O)[O-])s1. The number of nitrogens with one attached hydrogen (secondary N) is 1. The molecule has 0 amide bonds. The summed E-state index contributed by atoms with van der Waals surface area (Å²) in [5, 5.41) is 13.9. The number of rotatable bonds is 4. The first-order valence-corrected chi connectivity index (χ1v) is 6.64. The molecule has 0 bridgehead atoms. The fraction of sp³-hybridized carbons (Fsp3) is 0.273. The minimum absolute atomic E-state index is 0.00652. The lowest BCUT2D eigenvalue weighted by Gasteiger charge is -2.06. The van der Waals surface area contributed by atoms with Crippen molar-refractivity contribution in [1.29, 1.82) is 0 Å². The molecule has 19 heavy (non-hydrogen) atoms. The molecule has 0 unspecified atom stereocenters. The fourth-order valence-electron chi connectivity index (χ4n) is 1.63. The van der Waals surface area contributed by atoms with Crippen LogP contribution in [0.1, 0.15) is 15.4 Å². The molecule has 2 rings (SSSR count). The van der Waals surface area contributed by atoms with E-state index in [2.05, 4.69) is 15.3 Å². The van der Waals surface area contributed by atoms with Crippen LogP contribution >= 0.6 is 22.9 Å². The van der Waals surface area contributed by atoms with Crippen LogP contribution in [0.2, 0.25) is 5.28 Å². The molecule has 0 aliphatic rings. The highest BCUT2D eigenvalue weighted by atomic mass is 35.5. The quantitative estimate of drug-likeness (QED) is 0.532. The minimum atomic E-state index is -0.506. The molecule has 0 fully saturated rings. The number of aryl methyl sites for hydroxylation is 2. The van der Waals surface area contributed by atoms with Gasteiger partial charge in [-0.05, 0) is 37.6 Å². The molecule has 0 aliphatic heterocycles. The fourth-order valence-corrected chi connectivity index (χ4v) is 2.67. The second-order valence-corrected chi connectivity index (χ2v) is 5.61. The molecule has 1 N–H and O–H groups in total. The van der Waals surface area contributed by atoms with Gasteiger partial charge in [0.05, 0.1) is 11.5 Å². The van der Waals surface area contributed by atoms with Gasteiger partial charge in [-0.1, -0.05) is 0 Å². The van der Waals surface area contributed by atoms with E-state index in [0.717, 1.165) is 4.88 Å². The number of nitrogens with zero attached hydrogens (tertiary/aromatic N) is 3. The molecule has 0 spiro atoms. The normalized spacial score (nSPS) is 10.5. The molecule has 2 aromatic rings. The molecule has 6 nitrogen and oxygen atoms in total. The first kappa shape index (κ1) is 13.7. The molecule has 0 atom stereocenters. The van der Waals surface area contributed by atoms with E-state index in [1.165, 1.54) is 11.8 Å². The summed E-state index contributed by atoms with van der Waals surface area (Å²) in [4.78, 5) is 20.4. The third kappa shape index (κ3) is 3.18. The first-order valence-electron chi connectivity index (χ1n) is 5.45. The van der Waals surface area contributed by atoms with Crippen molar-refractivity contribution in [2.24, 2.45) is 0 Å². The lowest BCUT2D eigenvalue weighted by Crippen LogP contribution is -2.07. The third-order valence-corrected chi connectivity index (χ3v) is 3.61. The van der Waals surface area contributed by atoms with Gasteiger partial charge >= 0.3 is 5.69 Å². The second kappa shape index (κ2) is 5.50. The molecule has 0 radical (unpaired) electrons. The zero-order valence-electron chi connectivity index (χ0n) is 10.3. The van der Waals surface area contributed by atoms with Gasteiger partial charge in [-0.3, -0.25) is 10.1 Å². The van der Waals surface area contributed by atoms with Gasteiger partial charge in [0.15, 0.2) is 0 Å². The summed E-state index contributed by atoms with van der Waals surface area (Å²) in [7, 11) is 0. The lowest BCUT2D eigenvalue weighted by molar-refractivity contribution is -0.385. The Balaban J connectivity index is 2.26. The van der Waals surface area contributed by atoms with Crippen LogP contribution in [0.15, 0.2) is 12.1 Å². The van der Waals surface area contributed by atoms with Crippen molar-refractivity contribution in [1.82, 2.24) is 9.97 Å². The van der Waals surface area contributed by atoms with E-state index in [9.17, 15) is 10.1 Å². The van der Waals surface area contributed by atoms with Crippen LogP contribution in [0.25, 0.3) is 0 Å². The molecule has 0 saturated carbocycles. The Kier molecular flexibility index (Phi) is 3.96. The van der Waals surface area contributed by atoms with E-state index in [4.69, 9.17) is 11.6 Å². The molecule has 0 saturated heterocycles. The second-order valence-electron chi connectivity index (χ2n) is 3.90. The van der Waals surface area contributed by atoms with Gasteiger partial charge in [-0.25, -0.2) is 4.98 Å². The van der Waals surface area contributed by atoms with Gasteiger partial charge in [0.25, 0.3) is 0 Å². The number of nitro groups is 1. The number of hydrogen-bond donors (Lipinski definition) is 1. The molecule has 0 aliphatic carbocycles. The Morgan fingerprint density at radius 3 is 2.74 bits per heavy atom. The summed E-state index contributed by atoms with van der Waals surface area (Å²) in [6.45, 7) is 4.00. The Bertz CT molecular complexity index is 629. The molecule has 2 aromatic heterocycles. The van der Waals surface area contributed by atoms with Crippen molar-refractivity contribution in [2.45, 2.75) is 20.4 Å². The average Bonchev–Trinajstić information content (AvgIpc) is 2.71. The van der Waals surface area contributed by atoms with Crippen LogP contribution in [0, 0.1) is 24.0 Å². The van der Waals surface area contributed by atoms with Gasteiger partial charge in [0, 0.05) is 9.75 Å². The molecule has 8 heteroatoms. The summed E-state index contributed by atoms with van der Waals surface area (Å²) in [5.74, 6) is 0.147. The van der Waals surface area contributed by atoms with Gasteiger partial charge in [-0.2, -0.15) is 4.98 Å². The van der Waals surface area contributed by atoms with E-state index in [1.54, 1.807) is 11.3 Å². The maximum absolute atomic E-state index is 11.0. The highest BCUT2D eigenvalue weighted by molar-refractivity contribution is 7.11. The van der Waals surface area contributed by atoms with Crippen molar-refractivity contribution in [3.05, 3.63) is 43.0 Å². The van der Waals surface area contributed by atoms with E-state index in [1.807, 2.05) is 19.1 Å². The first-order chi connectivity index (χ1) is 8.97. The highest BCUT2D eigenvalue weighted by Gasteiger charge is 2.21. The standard InChI is InChI=1S/C11H11ClN4O2S/c1-6-3-4-8(19-6)5-13-10-9(16(17)18)7(2)14-11(12)15-10/h3-4H,5H2,1-2H3,(H,13,14,15). The topological polar surface area (TPSA) is 81.0 Å². The predicted molar refractivity (Wildman–Crippen MR) is 74.8 cm³/mol. The van der Waals surface area contributed by atoms with Crippen LogP contribution in [-0.4, -0.2) is 14.9 Å². The molecule has 2 heterocycles. The van der Waals surface area contributed by atoms with E-state index < -0.39 is 4.92 Å². The largest absolute Gasteiger partial charge is 0.359 e. The monoisotopic (exact) mass is 298 g/mol. The Morgan fingerprint density at radius 2 is 2.16 bits per heavy atom. The zero-order chi connectivity index (χ0) is 14.0. The summed E-state index contributed by atoms with van der Waals surface area (Å²) in [6.07, 6.45) is 0. The average molecular weight is 299 g/mol. The van der Waals surface area contributed by atoms with Gasteiger partial charge in [0.2, 0.25) is 11.1 Å². The van der Waals surface area contributed by atoms with E-state index in [-0.39, 0.29) is 22.5 Å². The Hall–Kier alpha value is -1.73. The van der Waals surface area contributed by atoms with Crippen LogP contribution < -0.4 is 5.32 Å². The molecule has 0 aromatic carbocycles. The highest BCUT2D eigenvalue weighted by Crippen LogP contribution is 2.27. The van der Waals surface area contributed by atoms with Crippen molar-refractivity contribution in [3.8, 4) is 0 Å². The smallest absolute Gasteiger partial charge is 0.332 e. The summed E-state index contributed by atoms with van der Waals surface area (Å²) in [6, 6.07) is 3.96. The van der Waals surface area contributed by atoms with Gasteiger partial charge < -0.3 is 5.32 Å². The third-order valence-electron chi connectivity index (χ3n) is 2.44. The van der Waals surface area contributed by atoms with Gasteiger partial charge in [0.1, 0.15) is 5.69 Å². The van der Waals surface area contributed by atoms with Crippen molar-refractivity contribution in [3.63, 3.8) is 0 Å².